The van der Waals surface area contributed by atoms with E-state index in [1.807, 2.05) is 0 Å². The van der Waals surface area contributed by atoms with E-state index in [4.69, 9.17) is 9.47 Å². The van der Waals surface area contributed by atoms with Crippen molar-refractivity contribution in [2.24, 2.45) is 0 Å². The molecule has 2 heterocycles. The van der Waals surface area contributed by atoms with Gasteiger partial charge in [-0.1, -0.05) is 6.07 Å². The van der Waals surface area contributed by atoms with Crippen LogP contribution in [0.25, 0.3) is 10.9 Å². The Morgan fingerprint density at radius 2 is 2.00 bits per heavy atom. The maximum atomic E-state index is 5.40. The zero-order chi connectivity index (χ0) is 14.7. The molecule has 1 aliphatic rings. The second-order valence-electron chi connectivity index (χ2n) is 5.40. The molecule has 0 radical (unpaired) electrons. The first-order chi connectivity index (χ1) is 10.3. The van der Waals surface area contributed by atoms with Gasteiger partial charge >= 0.3 is 0 Å². The first-order valence-electron chi connectivity index (χ1n) is 7.34. The van der Waals surface area contributed by atoms with Crippen LogP contribution in [0.2, 0.25) is 0 Å². The summed E-state index contributed by atoms with van der Waals surface area (Å²) in [6.07, 6.45) is 0. The molecule has 114 valence electrons. The molecule has 1 aromatic heterocycles. The lowest BCUT2D eigenvalue weighted by molar-refractivity contribution is 0.0365. The molecule has 0 unspecified atom stereocenters. The highest BCUT2D eigenvalue weighted by molar-refractivity contribution is 9.10. The molecular weight excluding hydrogens is 332 g/mol. The minimum atomic E-state index is 0.659. The van der Waals surface area contributed by atoms with E-state index >= 15 is 0 Å². The Morgan fingerprint density at radius 1 is 1.19 bits per heavy atom. The van der Waals surface area contributed by atoms with Gasteiger partial charge in [0.2, 0.25) is 0 Å². The monoisotopic (exact) mass is 352 g/mol. The molecule has 3 rings (SSSR count). The van der Waals surface area contributed by atoms with Gasteiger partial charge in [0.1, 0.15) is 0 Å². The molecule has 1 saturated heterocycles. The van der Waals surface area contributed by atoms with Crippen LogP contribution in [0.1, 0.15) is 5.56 Å². The number of halogens is 1. The molecule has 0 saturated carbocycles. The SMILES string of the molecule is COCc1ccc2c(c1)cc(Br)n2CCN1CCOCC1. The Balaban J connectivity index is 1.76. The lowest BCUT2D eigenvalue weighted by atomic mass is 10.2. The number of aromatic nitrogens is 1. The van der Waals surface area contributed by atoms with E-state index in [0.29, 0.717) is 6.61 Å². The normalized spacial score (nSPS) is 16.7. The minimum Gasteiger partial charge on any atom is -0.380 e. The zero-order valence-corrected chi connectivity index (χ0v) is 13.9. The first-order valence-corrected chi connectivity index (χ1v) is 8.14. The highest BCUT2D eigenvalue weighted by Gasteiger charge is 2.12. The van der Waals surface area contributed by atoms with Gasteiger partial charge in [-0.15, -0.1) is 0 Å². The minimum absolute atomic E-state index is 0.659. The van der Waals surface area contributed by atoms with E-state index < -0.39 is 0 Å². The molecule has 1 fully saturated rings. The number of hydrogen-bond donors (Lipinski definition) is 0. The lowest BCUT2D eigenvalue weighted by Gasteiger charge is -2.26. The van der Waals surface area contributed by atoms with Crippen LogP contribution in [0.3, 0.4) is 0 Å². The summed E-state index contributed by atoms with van der Waals surface area (Å²) in [6, 6.07) is 8.72. The summed E-state index contributed by atoms with van der Waals surface area (Å²) in [6.45, 7) is 6.50. The predicted octanol–water partition coefficient (Wildman–Crippen LogP) is 2.88. The number of nitrogens with zero attached hydrogens (tertiary/aromatic N) is 2. The number of morpholine rings is 1. The Morgan fingerprint density at radius 3 is 2.76 bits per heavy atom. The van der Waals surface area contributed by atoms with Gasteiger partial charge in [0.05, 0.1) is 24.4 Å². The van der Waals surface area contributed by atoms with Crippen molar-refractivity contribution >= 4 is 26.8 Å². The topological polar surface area (TPSA) is 26.6 Å². The second kappa shape index (κ2) is 6.92. The highest BCUT2D eigenvalue weighted by atomic mass is 79.9. The maximum absolute atomic E-state index is 5.40. The number of ether oxygens (including phenoxy) is 2. The summed E-state index contributed by atoms with van der Waals surface area (Å²) >= 11 is 3.69. The number of benzene rings is 1. The van der Waals surface area contributed by atoms with Crippen LogP contribution in [0, 0.1) is 0 Å². The molecule has 0 aliphatic carbocycles. The fraction of sp³-hybridized carbons (Fsp3) is 0.500. The quantitative estimate of drug-likeness (QED) is 0.827. The third-order valence-corrected chi connectivity index (χ3v) is 4.63. The van der Waals surface area contributed by atoms with E-state index in [0.717, 1.165) is 44.0 Å². The van der Waals surface area contributed by atoms with Crippen molar-refractivity contribution in [2.75, 3.05) is 40.0 Å². The third-order valence-electron chi connectivity index (χ3n) is 3.97. The van der Waals surface area contributed by atoms with E-state index in [1.54, 1.807) is 7.11 Å². The summed E-state index contributed by atoms with van der Waals surface area (Å²) in [5, 5.41) is 1.26. The molecule has 0 atom stereocenters. The Bertz CT molecular complexity index is 606. The van der Waals surface area contributed by atoms with E-state index in [2.05, 4.69) is 49.7 Å². The van der Waals surface area contributed by atoms with Crippen LogP contribution in [-0.4, -0.2) is 49.4 Å². The summed E-state index contributed by atoms with van der Waals surface area (Å²) in [7, 11) is 1.73. The van der Waals surface area contributed by atoms with Gasteiger partial charge in [-0.2, -0.15) is 0 Å². The number of fused-ring (bicyclic) bond motifs is 1. The van der Waals surface area contributed by atoms with Gasteiger partial charge < -0.3 is 14.0 Å². The van der Waals surface area contributed by atoms with Gasteiger partial charge in [-0.05, 0) is 39.7 Å². The summed E-state index contributed by atoms with van der Waals surface area (Å²) in [5.74, 6) is 0. The molecule has 0 amide bonds. The van der Waals surface area contributed by atoms with Crippen LogP contribution in [0.5, 0.6) is 0 Å². The van der Waals surface area contributed by atoms with Crippen LogP contribution in [0.15, 0.2) is 28.9 Å². The van der Waals surface area contributed by atoms with E-state index in [1.165, 1.54) is 16.5 Å². The summed E-state index contributed by atoms with van der Waals surface area (Å²) in [5.41, 5.74) is 2.48. The predicted molar refractivity (Wildman–Crippen MR) is 87.6 cm³/mol. The van der Waals surface area contributed by atoms with Crippen molar-refractivity contribution in [1.29, 1.82) is 0 Å². The van der Waals surface area contributed by atoms with Crippen LogP contribution >= 0.6 is 15.9 Å². The van der Waals surface area contributed by atoms with Crippen molar-refractivity contribution in [2.45, 2.75) is 13.2 Å². The molecule has 0 N–H and O–H groups in total. The number of hydrogen-bond acceptors (Lipinski definition) is 3. The van der Waals surface area contributed by atoms with Crippen LogP contribution < -0.4 is 0 Å². The molecule has 1 aromatic carbocycles. The van der Waals surface area contributed by atoms with Crippen molar-refractivity contribution < 1.29 is 9.47 Å². The molecule has 4 nitrogen and oxygen atoms in total. The van der Waals surface area contributed by atoms with Crippen molar-refractivity contribution in [3.8, 4) is 0 Å². The average molecular weight is 353 g/mol. The molecule has 21 heavy (non-hydrogen) atoms. The van der Waals surface area contributed by atoms with Gasteiger partial charge in [0, 0.05) is 44.2 Å². The zero-order valence-electron chi connectivity index (χ0n) is 12.3. The van der Waals surface area contributed by atoms with Crippen molar-refractivity contribution in [3.63, 3.8) is 0 Å². The Kier molecular flexibility index (Phi) is 4.95. The smallest absolute Gasteiger partial charge is 0.0857 e. The molecule has 1 aliphatic heterocycles. The molecule has 0 bridgehead atoms. The number of rotatable bonds is 5. The summed E-state index contributed by atoms with van der Waals surface area (Å²) in [4.78, 5) is 2.46. The van der Waals surface area contributed by atoms with E-state index in [9.17, 15) is 0 Å². The first kappa shape index (κ1) is 15.0. The second-order valence-corrected chi connectivity index (χ2v) is 6.21. The van der Waals surface area contributed by atoms with Crippen LogP contribution in [0.4, 0.5) is 0 Å². The van der Waals surface area contributed by atoms with Gasteiger partial charge in [0.15, 0.2) is 0 Å². The van der Waals surface area contributed by atoms with Gasteiger partial charge in [0.25, 0.3) is 0 Å². The molecular formula is C16H21BrN2O2. The van der Waals surface area contributed by atoms with E-state index in [-0.39, 0.29) is 0 Å². The number of methoxy groups -OCH3 is 1. The molecule has 0 spiro atoms. The van der Waals surface area contributed by atoms with Gasteiger partial charge in [-0.3, -0.25) is 4.90 Å². The molecule has 5 heteroatoms. The largest absolute Gasteiger partial charge is 0.380 e. The standard InChI is InChI=1S/C16H21BrN2O2/c1-20-12-13-2-3-15-14(10-13)11-16(17)19(15)5-4-18-6-8-21-9-7-18/h2-3,10-11H,4-9,12H2,1H3. The molecule has 2 aromatic rings. The van der Waals surface area contributed by atoms with Crippen molar-refractivity contribution in [1.82, 2.24) is 9.47 Å². The average Bonchev–Trinajstić information content (AvgIpc) is 2.81. The highest BCUT2D eigenvalue weighted by Crippen LogP contribution is 2.25. The summed E-state index contributed by atoms with van der Waals surface area (Å²) < 4.78 is 14.1. The fourth-order valence-electron chi connectivity index (χ4n) is 2.84. The lowest BCUT2D eigenvalue weighted by Crippen LogP contribution is -2.38. The third kappa shape index (κ3) is 3.48. The van der Waals surface area contributed by atoms with Gasteiger partial charge in [-0.25, -0.2) is 0 Å². The maximum Gasteiger partial charge on any atom is 0.0857 e. The fourth-order valence-corrected chi connectivity index (χ4v) is 3.45. The Hall–Kier alpha value is -0.880. The Labute approximate surface area is 133 Å². The van der Waals surface area contributed by atoms with Crippen LogP contribution in [-0.2, 0) is 22.6 Å². The van der Waals surface area contributed by atoms with Crippen molar-refractivity contribution in [3.05, 3.63) is 34.4 Å².